The highest BCUT2D eigenvalue weighted by molar-refractivity contribution is 7.89. The van der Waals surface area contributed by atoms with Crippen LogP contribution in [0.15, 0.2) is 47.4 Å². The second kappa shape index (κ2) is 7.27. The smallest absolute Gasteiger partial charge is 0.254 e. The van der Waals surface area contributed by atoms with Gasteiger partial charge in [-0.25, -0.2) is 13.1 Å². The van der Waals surface area contributed by atoms with Crippen molar-refractivity contribution in [2.75, 3.05) is 26.2 Å². The zero-order valence-corrected chi connectivity index (χ0v) is 16.5. The summed E-state index contributed by atoms with van der Waals surface area (Å²) < 4.78 is 28.6. The summed E-state index contributed by atoms with van der Waals surface area (Å²) in [7, 11) is -1.90. The number of aromatic nitrogens is 3. The third-order valence-electron chi connectivity index (χ3n) is 5.00. The molecule has 0 bridgehead atoms. The lowest BCUT2D eigenvalue weighted by atomic mass is 10.1. The fraction of sp³-hybridized carbons (Fsp3) is 0.263. The van der Waals surface area contributed by atoms with Gasteiger partial charge in [-0.1, -0.05) is 5.21 Å². The van der Waals surface area contributed by atoms with E-state index in [1.807, 2.05) is 6.07 Å². The molecule has 0 radical (unpaired) electrons. The highest BCUT2D eigenvalue weighted by Crippen LogP contribution is 2.20. The summed E-state index contributed by atoms with van der Waals surface area (Å²) >= 11 is 0. The van der Waals surface area contributed by atoms with Gasteiger partial charge in [-0.15, -0.1) is 5.10 Å². The minimum Gasteiger partial charge on any atom is -0.336 e. The third-order valence-corrected chi connectivity index (χ3v) is 6.92. The first-order valence-corrected chi connectivity index (χ1v) is 10.4. The number of sulfonamides is 1. The van der Waals surface area contributed by atoms with Crippen molar-refractivity contribution in [2.45, 2.75) is 4.90 Å². The zero-order valence-electron chi connectivity index (χ0n) is 15.7. The van der Waals surface area contributed by atoms with E-state index in [0.29, 0.717) is 29.7 Å². The highest BCUT2D eigenvalue weighted by atomic mass is 32.2. The van der Waals surface area contributed by atoms with Crippen molar-refractivity contribution in [1.29, 1.82) is 5.26 Å². The molecule has 9 nitrogen and oxygen atoms in total. The van der Waals surface area contributed by atoms with Crippen LogP contribution in [0.1, 0.15) is 15.9 Å². The van der Waals surface area contributed by atoms with Gasteiger partial charge in [0.2, 0.25) is 10.0 Å². The van der Waals surface area contributed by atoms with Gasteiger partial charge in [-0.05, 0) is 42.5 Å². The number of carbonyl (C=O) groups excluding carboxylic acids is 1. The molecule has 1 aliphatic rings. The summed E-state index contributed by atoms with van der Waals surface area (Å²) in [6.07, 6.45) is 0. The molecular formula is C19H18N6O3S. The van der Waals surface area contributed by atoms with E-state index in [4.69, 9.17) is 5.26 Å². The molecule has 2 aromatic carbocycles. The molecule has 0 unspecified atom stereocenters. The molecule has 0 atom stereocenters. The molecule has 1 aromatic heterocycles. The van der Waals surface area contributed by atoms with E-state index in [2.05, 4.69) is 10.3 Å². The minimum atomic E-state index is -3.66. The Labute approximate surface area is 167 Å². The topological polar surface area (TPSA) is 112 Å². The van der Waals surface area contributed by atoms with E-state index < -0.39 is 10.0 Å². The summed E-state index contributed by atoms with van der Waals surface area (Å²) in [5, 5.41) is 16.8. The summed E-state index contributed by atoms with van der Waals surface area (Å²) in [4.78, 5) is 14.6. The Bertz CT molecular complexity index is 1220. The van der Waals surface area contributed by atoms with E-state index in [1.54, 1.807) is 34.8 Å². The molecule has 4 rings (SSSR count). The van der Waals surface area contributed by atoms with Crippen molar-refractivity contribution in [3.8, 4) is 6.07 Å². The number of carbonyl (C=O) groups is 1. The van der Waals surface area contributed by atoms with Gasteiger partial charge < -0.3 is 4.90 Å². The molecule has 1 aliphatic heterocycles. The number of aryl methyl sites for hydroxylation is 1. The maximum Gasteiger partial charge on any atom is 0.254 e. The first kappa shape index (κ1) is 19.0. The van der Waals surface area contributed by atoms with Crippen LogP contribution in [0.2, 0.25) is 0 Å². The van der Waals surface area contributed by atoms with Crippen LogP contribution in [0.5, 0.6) is 0 Å². The number of amides is 1. The first-order valence-electron chi connectivity index (χ1n) is 8.99. The van der Waals surface area contributed by atoms with Crippen LogP contribution in [0.4, 0.5) is 0 Å². The van der Waals surface area contributed by atoms with E-state index in [9.17, 15) is 13.2 Å². The molecule has 1 fully saturated rings. The molecule has 1 amide bonds. The Morgan fingerprint density at radius 2 is 1.76 bits per heavy atom. The predicted molar refractivity (Wildman–Crippen MR) is 104 cm³/mol. The van der Waals surface area contributed by atoms with Gasteiger partial charge in [-0.3, -0.25) is 4.79 Å². The van der Waals surface area contributed by atoms with E-state index in [0.717, 1.165) is 5.52 Å². The number of nitriles is 1. The van der Waals surface area contributed by atoms with Crippen LogP contribution in [0.25, 0.3) is 11.0 Å². The van der Waals surface area contributed by atoms with Crippen molar-refractivity contribution in [3.63, 3.8) is 0 Å². The fourth-order valence-electron chi connectivity index (χ4n) is 3.33. The highest BCUT2D eigenvalue weighted by Gasteiger charge is 2.30. The molecule has 10 heteroatoms. The molecule has 1 saturated heterocycles. The van der Waals surface area contributed by atoms with Gasteiger partial charge >= 0.3 is 0 Å². The first-order chi connectivity index (χ1) is 13.9. The molecule has 2 heterocycles. The maximum atomic E-state index is 12.9. The average Bonchev–Trinajstić information content (AvgIpc) is 3.13. The lowest BCUT2D eigenvalue weighted by Crippen LogP contribution is -2.50. The van der Waals surface area contributed by atoms with Crippen molar-refractivity contribution in [2.24, 2.45) is 7.05 Å². The van der Waals surface area contributed by atoms with Crippen molar-refractivity contribution < 1.29 is 13.2 Å². The number of hydrogen-bond acceptors (Lipinski definition) is 6. The van der Waals surface area contributed by atoms with Crippen molar-refractivity contribution in [1.82, 2.24) is 24.2 Å². The molecule has 0 N–H and O–H groups in total. The second-order valence-corrected chi connectivity index (χ2v) is 8.69. The molecule has 29 heavy (non-hydrogen) atoms. The molecular weight excluding hydrogens is 392 g/mol. The van der Waals surface area contributed by atoms with Gasteiger partial charge in [0.05, 0.1) is 22.0 Å². The monoisotopic (exact) mass is 410 g/mol. The van der Waals surface area contributed by atoms with Gasteiger partial charge in [0, 0.05) is 38.8 Å². The number of hydrogen-bond donors (Lipinski definition) is 0. The minimum absolute atomic E-state index is 0.144. The van der Waals surface area contributed by atoms with Crippen molar-refractivity contribution >= 4 is 27.0 Å². The Hall–Kier alpha value is -3.29. The summed E-state index contributed by atoms with van der Waals surface area (Å²) in [5.41, 5.74) is 2.39. The number of piperazine rings is 1. The maximum absolute atomic E-state index is 12.9. The normalized spacial score (nSPS) is 15.4. The predicted octanol–water partition coefficient (Wildman–Crippen LogP) is 0.987. The van der Waals surface area contributed by atoms with Crippen LogP contribution >= 0.6 is 0 Å². The molecule has 0 aliphatic carbocycles. The van der Waals surface area contributed by atoms with Gasteiger partial charge in [0.25, 0.3) is 5.91 Å². The third kappa shape index (κ3) is 3.46. The Kier molecular flexibility index (Phi) is 4.77. The lowest BCUT2D eigenvalue weighted by Gasteiger charge is -2.34. The van der Waals surface area contributed by atoms with Crippen LogP contribution < -0.4 is 0 Å². The van der Waals surface area contributed by atoms with Gasteiger partial charge in [0.15, 0.2) is 0 Å². The Balaban J connectivity index is 1.47. The molecule has 0 spiro atoms. The standard InChI is InChI=1S/C19H18N6O3S/c1-23-18-12-15(4-7-17(18)21-22-23)19(26)24-8-10-25(11-9-24)29(27,28)16-5-2-14(13-20)3-6-16/h2-7,12H,8-11H2,1H3. The quantitative estimate of drug-likeness (QED) is 0.636. The van der Waals surface area contributed by atoms with E-state index in [-0.39, 0.29) is 23.9 Å². The van der Waals surface area contributed by atoms with Crippen LogP contribution in [-0.2, 0) is 17.1 Å². The molecule has 148 valence electrons. The number of nitrogens with zero attached hydrogens (tertiary/aromatic N) is 6. The number of rotatable bonds is 3. The lowest BCUT2D eigenvalue weighted by molar-refractivity contribution is 0.0698. The Morgan fingerprint density at radius 1 is 1.07 bits per heavy atom. The van der Waals surface area contributed by atoms with E-state index >= 15 is 0 Å². The van der Waals surface area contributed by atoms with E-state index in [1.165, 1.54) is 28.6 Å². The number of fused-ring (bicyclic) bond motifs is 1. The van der Waals surface area contributed by atoms with Crippen LogP contribution in [0.3, 0.4) is 0 Å². The Morgan fingerprint density at radius 3 is 2.41 bits per heavy atom. The molecule has 3 aromatic rings. The van der Waals surface area contributed by atoms with Gasteiger partial charge in [0.1, 0.15) is 5.52 Å². The zero-order chi connectivity index (χ0) is 20.6. The second-order valence-electron chi connectivity index (χ2n) is 6.75. The van der Waals surface area contributed by atoms with Gasteiger partial charge in [-0.2, -0.15) is 9.57 Å². The van der Waals surface area contributed by atoms with Crippen LogP contribution in [0, 0.1) is 11.3 Å². The summed E-state index contributed by atoms with van der Waals surface area (Å²) in [6, 6.07) is 13.0. The average molecular weight is 410 g/mol. The largest absolute Gasteiger partial charge is 0.336 e. The molecule has 0 saturated carbocycles. The summed E-state index contributed by atoms with van der Waals surface area (Å²) in [6.45, 7) is 1.03. The number of benzene rings is 2. The fourth-order valence-corrected chi connectivity index (χ4v) is 4.75. The SMILES string of the molecule is Cn1nnc2ccc(C(=O)N3CCN(S(=O)(=O)c4ccc(C#N)cc4)CC3)cc21. The van der Waals surface area contributed by atoms with Crippen LogP contribution in [-0.4, -0.2) is 64.7 Å². The van der Waals surface area contributed by atoms with Crippen molar-refractivity contribution in [3.05, 3.63) is 53.6 Å². The summed E-state index contributed by atoms with van der Waals surface area (Å²) in [5.74, 6) is -0.150.